The Kier molecular flexibility index (Phi) is 4.02. The second-order valence-electron chi connectivity index (χ2n) is 6.25. The summed E-state index contributed by atoms with van der Waals surface area (Å²) in [5.74, 6) is -0.283. The Morgan fingerprint density at radius 3 is 2.45 bits per heavy atom. The van der Waals surface area contributed by atoms with Crippen LogP contribution in [0.15, 0.2) is 54.6 Å². The van der Waals surface area contributed by atoms with Crippen molar-refractivity contribution < 1.29 is 9.53 Å². The molecular weight excluding hydrogens is 272 g/mol. The lowest BCUT2D eigenvalue weighted by Gasteiger charge is -2.38. The molecule has 2 heteroatoms. The monoisotopic (exact) mass is 294 g/mol. The molecule has 3 rings (SSSR count). The predicted octanol–water partition coefficient (Wildman–Crippen LogP) is 5.12. The molecule has 22 heavy (non-hydrogen) atoms. The Bertz CT molecular complexity index is 703. The van der Waals surface area contributed by atoms with Crippen LogP contribution in [-0.4, -0.2) is 5.97 Å². The van der Waals surface area contributed by atoms with E-state index in [4.69, 9.17) is 4.74 Å². The van der Waals surface area contributed by atoms with Crippen LogP contribution in [0.25, 0.3) is 10.8 Å². The molecule has 2 nitrogen and oxygen atoms in total. The van der Waals surface area contributed by atoms with E-state index >= 15 is 0 Å². The topological polar surface area (TPSA) is 26.3 Å². The highest BCUT2D eigenvalue weighted by atomic mass is 16.6. The quantitative estimate of drug-likeness (QED) is 0.580. The maximum atomic E-state index is 12.2. The van der Waals surface area contributed by atoms with Crippen LogP contribution < -0.4 is 0 Å². The molecule has 0 heterocycles. The number of carbonyl (C=O) groups excluding carboxylic acids is 1. The first-order valence-corrected chi connectivity index (χ1v) is 7.99. The van der Waals surface area contributed by atoms with E-state index in [0.717, 1.165) is 31.2 Å². The molecular formula is C20H22O2. The van der Waals surface area contributed by atoms with Crippen molar-refractivity contribution in [3.63, 3.8) is 0 Å². The molecule has 0 N–H and O–H groups in total. The van der Waals surface area contributed by atoms with Gasteiger partial charge in [-0.1, -0.05) is 55.5 Å². The van der Waals surface area contributed by atoms with Crippen LogP contribution in [0.5, 0.6) is 0 Å². The molecule has 114 valence electrons. The molecule has 0 amide bonds. The molecule has 1 fully saturated rings. The maximum absolute atomic E-state index is 12.2. The van der Waals surface area contributed by atoms with Gasteiger partial charge < -0.3 is 4.74 Å². The first-order valence-electron chi connectivity index (χ1n) is 7.99. The Morgan fingerprint density at radius 2 is 1.73 bits per heavy atom. The van der Waals surface area contributed by atoms with Crippen LogP contribution in [0.3, 0.4) is 0 Å². The summed E-state index contributed by atoms with van der Waals surface area (Å²) < 4.78 is 6.00. The van der Waals surface area contributed by atoms with Gasteiger partial charge in [-0.2, -0.15) is 0 Å². The standard InChI is InChI=1S/C20H22O2/c1-15(2)19(21)22-20(13-6-3-7-14-20)18-12-8-10-16-9-4-5-11-17(16)18/h4-5,8-12H,1,3,6-7,13-14H2,2H3. The zero-order valence-corrected chi connectivity index (χ0v) is 13.1. The third-order valence-corrected chi connectivity index (χ3v) is 4.58. The van der Waals surface area contributed by atoms with Gasteiger partial charge in [-0.3, -0.25) is 0 Å². The van der Waals surface area contributed by atoms with E-state index in [-0.39, 0.29) is 5.97 Å². The molecule has 1 saturated carbocycles. The molecule has 1 aliphatic carbocycles. The lowest BCUT2D eigenvalue weighted by Crippen LogP contribution is -2.35. The molecule has 0 radical (unpaired) electrons. The van der Waals surface area contributed by atoms with Gasteiger partial charge in [0, 0.05) is 11.1 Å². The van der Waals surface area contributed by atoms with Crippen LogP contribution in [0.2, 0.25) is 0 Å². The number of fused-ring (bicyclic) bond motifs is 1. The minimum atomic E-state index is -0.505. The first-order chi connectivity index (χ1) is 10.6. The smallest absolute Gasteiger partial charge is 0.333 e. The van der Waals surface area contributed by atoms with Crippen LogP contribution in [0, 0.1) is 0 Å². The van der Waals surface area contributed by atoms with Gasteiger partial charge in [-0.05, 0) is 43.4 Å². The number of hydrogen-bond acceptors (Lipinski definition) is 2. The second-order valence-corrected chi connectivity index (χ2v) is 6.25. The van der Waals surface area contributed by atoms with Gasteiger partial charge in [0.15, 0.2) is 0 Å². The Balaban J connectivity index is 2.12. The number of esters is 1. The van der Waals surface area contributed by atoms with Crippen LogP contribution in [-0.2, 0) is 15.1 Å². The van der Waals surface area contributed by atoms with Crippen LogP contribution >= 0.6 is 0 Å². The lowest BCUT2D eigenvalue weighted by atomic mass is 9.77. The SMILES string of the molecule is C=C(C)C(=O)OC1(c2cccc3ccccc23)CCCCC1. The van der Waals surface area contributed by atoms with Crippen LogP contribution in [0.4, 0.5) is 0 Å². The molecule has 0 atom stereocenters. The van der Waals surface area contributed by atoms with Crippen molar-refractivity contribution in [3.05, 3.63) is 60.2 Å². The first kappa shape index (κ1) is 14.8. The Hall–Kier alpha value is -2.09. The van der Waals surface area contributed by atoms with E-state index in [1.165, 1.54) is 17.2 Å². The van der Waals surface area contributed by atoms with Crippen molar-refractivity contribution >= 4 is 16.7 Å². The number of rotatable bonds is 3. The van der Waals surface area contributed by atoms with E-state index < -0.39 is 5.60 Å². The number of hydrogen-bond donors (Lipinski definition) is 0. The van der Waals surface area contributed by atoms with Crippen molar-refractivity contribution in [2.45, 2.75) is 44.6 Å². The van der Waals surface area contributed by atoms with Crippen molar-refractivity contribution in [2.75, 3.05) is 0 Å². The third-order valence-electron chi connectivity index (χ3n) is 4.58. The van der Waals surface area contributed by atoms with E-state index in [1.54, 1.807) is 6.92 Å². The number of benzene rings is 2. The summed E-state index contributed by atoms with van der Waals surface area (Å²) >= 11 is 0. The Morgan fingerprint density at radius 1 is 1.05 bits per heavy atom. The van der Waals surface area contributed by atoms with E-state index in [9.17, 15) is 4.79 Å². The van der Waals surface area contributed by atoms with Gasteiger partial charge in [0.05, 0.1) is 0 Å². The summed E-state index contributed by atoms with van der Waals surface area (Å²) in [6.07, 6.45) is 5.16. The normalized spacial score (nSPS) is 17.1. The molecule has 1 aliphatic rings. The van der Waals surface area contributed by atoms with Gasteiger partial charge >= 0.3 is 5.97 Å². The van der Waals surface area contributed by atoms with Gasteiger partial charge in [0.2, 0.25) is 0 Å². The summed E-state index contributed by atoms with van der Waals surface area (Å²) in [6, 6.07) is 14.6. The van der Waals surface area contributed by atoms with E-state index in [2.05, 4.69) is 36.9 Å². The Labute approximate surface area is 131 Å². The van der Waals surface area contributed by atoms with Gasteiger partial charge in [-0.15, -0.1) is 0 Å². The van der Waals surface area contributed by atoms with E-state index in [1.807, 2.05) is 12.1 Å². The fourth-order valence-corrected chi connectivity index (χ4v) is 3.44. The minimum absolute atomic E-state index is 0.283. The van der Waals surface area contributed by atoms with Crippen LogP contribution in [0.1, 0.15) is 44.6 Å². The van der Waals surface area contributed by atoms with Crippen molar-refractivity contribution in [1.82, 2.24) is 0 Å². The minimum Gasteiger partial charge on any atom is -0.451 e. The molecule has 2 aromatic rings. The summed E-state index contributed by atoms with van der Waals surface area (Å²) in [5, 5.41) is 2.37. The molecule has 0 spiro atoms. The molecule has 2 aromatic carbocycles. The molecule has 0 saturated heterocycles. The zero-order valence-electron chi connectivity index (χ0n) is 13.1. The number of ether oxygens (including phenoxy) is 1. The molecule has 0 bridgehead atoms. The zero-order chi connectivity index (χ0) is 15.6. The highest BCUT2D eigenvalue weighted by molar-refractivity contribution is 5.89. The summed E-state index contributed by atoms with van der Waals surface area (Å²) in [7, 11) is 0. The molecule has 0 aromatic heterocycles. The highest BCUT2D eigenvalue weighted by Gasteiger charge is 2.38. The summed E-state index contributed by atoms with van der Waals surface area (Å²) in [6.45, 7) is 5.44. The van der Waals surface area contributed by atoms with Gasteiger partial charge in [0.1, 0.15) is 5.60 Å². The molecule has 0 unspecified atom stereocenters. The average molecular weight is 294 g/mol. The van der Waals surface area contributed by atoms with Gasteiger partial charge in [0.25, 0.3) is 0 Å². The fraction of sp³-hybridized carbons (Fsp3) is 0.350. The summed E-state index contributed by atoms with van der Waals surface area (Å²) in [5.41, 5.74) is 1.10. The van der Waals surface area contributed by atoms with Crippen molar-refractivity contribution in [2.24, 2.45) is 0 Å². The summed E-state index contributed by atoms with van der Waals surface area (Å²) in [4.78, 5) is 12.2. The lowest BCUT2D eigenvalue weighted by molar-refractivity contribution is -0.159. The van der Waals surface area contributed by atoms with Crippen molar-refractivity contribution in [3.8, 4) is 0 Å². The van der Waals surface area contributed by atoms with E-state index in [0.29, 0.717) is 5.57 Å². The highest BCUT2D eigenvalue weighted by Crippen LogP contribution is 2.43. The average Bonchev–Trinajstić information content (AvgIpc) is 2.55. The van der Waals surface area contributed by atoms with Gasteiger partial charge in [-0.25, -0.2) is 4.79 Å². The van der Waals surface area contributed by atoms with Crippen molar-refractivity contribution in [1.29, 1.82) is 0 Å². The second kappa shape index (κ2) is 5.96. The largest absolute Gasteiger partial charge is 0.451 e. The predicted molar refractivity (Wildman–Crippen MR) is 89.6 cm³/mol. The third kappa shape index (κ3) is 2.66. The fourth-order valence-electron chi connectivity index (χ4n) is 3.44. The number of carbonyl (C=O) groups is 1. The molecule has 0 aliphatic heterocycles. The maximum Gasteiger partial charge on any atom is 0.333 e.